The molecule has 0 atom stereocenters. The molecule has 0 radical (unpaired) electrons. The van der Waals surface area contributed by atoms with Gasteiger partial charge in [0.25, 0.3) is 0 Å². The first-order valence-corrected chi connectivity index (χ1v) is 8.65. The summed E-state index contributed by atoms with van der Waals surface area (Å²) in [5.41, 5.74) is 0. The van der Waals surface area contributed by atoms with E-state index in [2.05, 4.69) is 6.58 Å². The predicted octanol–water partition coefficient (Wildman–Crippen LogP) is 5.56. The van der Waals surface area contributed by atoms with Gasteiger partial charge in [0.1, 0.15) is 0 Å². The van der Waals surface area contributed by atoms with Crippen molar-refractivity contribution >= 4 is 5.97 Å². The smallest absolute Gasteiger partial charge is 0.314 e. The fourth-order valence-electron chi connectivity index (χ4n) is 3.06. The Morgan fingerprint density at radius 1 is 1.20 bits per heavy atom. The molecule has 0 bridgehead atoms. The van der Waals surface area contributed by atoms with Gasteiger partial charge in [0.05, 0.1) is 12.2 Å². The lowest BCUT2D eigenvalue weighted by Gasteiger charge is -2.26. The van der Waals surface area contributed by atoms with Crippen molar-refractivity contribution < 1.29 is 23.0 Å². The van der Waals surface area contributed by atoms with Crippen molar-refractivity contribution in [3.05, 3.63) is 48.8 Å². The van der Waals surface area contributed by atoms with Crippen LogP contribution in [0.4, 0.5) is 8.78 Å². The largest absolute Gasteiger partial charge is 0.462 e. The highest BCUT2D eigenvalue weighted by Crippen LogP contribution is 2.34. The van der Waals surface area contributed by atoms with Gasteiger partial charge in [-0.2, -0.15) is 8.78 Å². The Morgan fingerprint density at radius 3 is 2.48 bits per heavy atom. The molecule has 25 heavy (non-hydrogen) atoms. The van der Waals surface area contributed by atoms with Crippen molar-refractivity contribution in [2.75, 3.05) is 0 Å². The number of allylic oxidation sites excluding steroid dienone is 2. The summed E-state index contributed by atoms with van der Waals surface area (Å²) in [4.78, 5) is 12.2. The molecule has 5 heteroatoms. The van der Waals surface area contributed by atoms with E-state index in [-0.39, 0.29) is 11.7 Å². The van der Waals surface area contributed by atoms with E-state index in [1.165, 1.54) is 18.4 Å². The molecule has 3 nitrogen and oxygen atoms in total. The molecule has 1 fully saturated rings. The number of benzene rings is 1. The molecular formula is C20H24F2O3. The van der Waals surface area contributed by atoms with Crippen molar-refractivity contribution in [3.63, 3.8) is 0 Å². The fraction of sp³-hybridized carbons (Fsp3) is 0.450. The van der Waals surface area contributed by atoms with E-state index in [0.717, 1.165) is 25.7 Å². The molecule has 1 aromatic carbocycles. The third kappa shape index (κ3) is 5.15. The molecule has 0 N–H and O–H groups in total. The van der Waals surface area contributed by atoms with Crippen molar-refractivity contribution in [1.29, 1.82) is 0 Å². The average Bonchev–Trinajstić information content (AvgIpc) is 2.63. The number of carbonyl (C=O) groups is 1. The third-order valence-electron chi connectivity index (χ3n) is 4.51. The minimum Gasteiger partial charge on any atom is -0.462 e. The van der Waals surface area contributed by atoms with E-state index in [9.17, 15) is 13.6 Å². The summed E-state index contributed by atoms with van der Waals surface area (Å²) in [5, 5.41) is 0. The number of carbonyl (C=O) groups excluding carboxylic acids is 1. The monoisotopic (exact) mass is 350 g/mol. The molecular weight excluding hydrogens is 326 g/mol. The van der Waals surface area contributed by atoms with Crippen LogP contribution in [0.15, 0.2) is 37.1 Å². The highest BCUT2D eigenvalue weighted by molar-refractivity contribution is 5.75. The summed E-state index contributed by atoms with van der Waals surface area (Å²) in [5.74, 6) is -3.20. The number of ether oxygens (including phenoxy) is 2. The van der Waals surface area contributed by atoms with Gasteiger partial charge in [-0.25, -0.2) is 0 Å². The standard InChI is InChI=1S/C20H24F2O3/c1-3-5-6-14-7-9-15(10-8-14)20(23)25-17-12-11-16(24-13-4-2)18(21)19(17)22/h3-4,11-15H,1,5-10H2,2H3/b13-4+. The highest BCUT2D eigenvalue weighted by atomic mass is 19.2. The van der Waals surface area contributed by atoms with Gasteiger partial charge >= 0.3 is 5.97 Å². The van der Waals surface area contributed by atoms with E-state index < -0.39 is 23.4 Å². The Morgan fingerprint density at radius 2 is 1.84 bits per heavy atom. The normalized spacial score (nSPS) is 20.4. The second kappa shape index (κ2) is 9.35. The number of hydrogen-bond acceptors (Lipinski definition) is 3. The zero-order chi connectivity index (χ0) is 18.2. The summed E-state index contributed by atoms with van der Waals surface area (Å²) >= 11 is 0. The van der Waals surface area contributed by atoms with Crippen LogP contribution in [0.25, 0.3) is 0 Å². The number of esters is 1. The molecule has 2 rings (SSSR count). The maximum atomic E-state index is 14.1. The molecule has 0 saturated heterocycles. The molecule has 0 aromatic heterocycles. The first kappa shape index (κ1) is 19.2. The lowest BCUT2D eigenvalue weighted by atomic mass is 9.80. The Kier molecular flexibility index (Phi) is 7.16. The van der Waals surface area contributed by atoms with Gasteiger partial charge in [0.2, 0.25) is 11.6 Å². The molecule has 0 heterocycles. The van der Waals surface area contributed by atoms with Crippen LogP contribution in [0.2, 0.25) is 0 Å². The van der Waals surface area contributed by atoms with Crippen LogP contribution in [0.3, 0.4) is 0 Å². The van der Waals surface area contributed by atoms with Crippen LogP contribution >= 0.6 is 0 Å². The quantitative estimate of drug-likeness (QED) is 0.280. The molecule has 1 aliphatic carbocycles. The Bertz CT molecular complexity index is 632. The van der Waals surface area contributed by atoms with Gasteiger partial charge in [0.15, 0.2) is 11.5 Å². The van der Waals surface area contributed by atoms with Crippen LogP contribution in [0.5, 0.6) is 11.5 Å². The van der Waals surface area contributed by atoms with E-state index in [1.807, 2.05) is 6.08 Å². The topological polar surface area (TPSA) is 35.5 Å². The summed E-state index contributed by atoms with van der Waals surface area (Å²) in [6.07, 6.45) is 10.1. The van der Waals surface area contributed by atoms with E-state index in [1.54, 1.807) is 13.0 Å². The molecule has 1 aliphatic rings. The van der Waals surface area contributed by atoms with Gasteiger partial charge < -0.3 is 9.47 Å². The van der Waals surface area contributed by atoms with Crippen molar-refractivity contribution in [2.24, 2.45) is 11.8 Å². The van der Waals surface area contributed by atoms with Crippen LogP contribution in [0, 0.1) is 23.5 Å². The Hall–Kier alpha value is -2.17. The van der Waals surface area contributed by atoms with Gasteiger partial charge in [-0.15, -0.1) is 6.58 Å². The van der Waals surface area contributed by atoms with Gasteiger partial charge in [-0.1, -0.05) is 12.2 Å². The summed E-state index contributed by atoms with van der Waals surface area (Å²) < 4.78 is 38.0. The van der Waals surface area contributed by atoms with Gasteiger partial charge in [-0.3, -0.25) is 4.79 Å². The second-order valence-corrected chi connectivity index (χ2v) is 6.28. The lowest BCUT2D eigenvalue weighted by molar-refractivity contribution is -0.140. The summed E-state index contributed by atoms with van der Waals surface area (Å²) in [7, 11) is 0. The Balaban J connectivity index is 1.95. The minimum absolute atomic E-state index is 0.252. The van der Waals surface area contributed by atoms with E-state index >= 15 is 0 Å². The molecule has 0 spiro atoms. The van der Waals surface area contributed by atoms with Gasteiger partial charge in [0, 0.05) is 0 Å². The molecule has 1 saturated carbocycles. The summed E-state index contributed by atoms with van der Waals surface area (Å²) in [6.45, 7) is 5.41. The molecule has 0 amide bonds. The maximum absolute atomic E-state index is 14.1. The summed E-state index contributed by atoms with van der Waals surface area (Å²) in [6, 6.07) is 2.46. The van der Waals surface area contributed by atoms with Crippen molar-refractivity contribution in [3.8, 4) is 11.5 Å². The van der Waals surface area contributed by atoms with Crippen LogP contribution in [0.1, 0.15) is 45.4 Å². The van der Waals surface area contributed by atoms with Crippen LogP contribution < -0.4 is 9.47 Å². The van der Waals surface area contributed by atoms with Gasteiger partial charge in [-0.05, 0) is 63.5 Å². The zero-order valence-corrected chi connectivity index (χ0v) is 14.5. The predicted molar refractivity (Wildman–Crippen MR) is 92.3 cm³/mol. The highest BCUT2D eigenvalue weighted by Gasteiger charge is 2.28. The lowest BCUT2D eigenvalue weighted by Crippen LogP contribution is -2.26. The van der Waals surface area contributed by atoms with E-state index in [0.29, 0.717) is 18.8 Å². The molecule has 1 aromatic rings. The molecule has 0 aliphatic heterocycles. The minimum atomic E-state index is -1.21. The van der Waals surface area contributed by atoms with Crippen molar-refractivity contribution in [2.45, 2.75) is 45.4 Å². The van der Waals surface area contributed by atoms with Crippen LogP contribution in [-0.4, -0.2) is 5.97 Å². The van der Waals surface area contributed by atoms with Crippen molar-refractivity contribution in [1.82, 2.24) is 0 Å². The second-order valence-electron chi connectivity index (χ2n) is 6.28. The molecule has 136 valence electrons. The van der Waals surface area contributed by atoms with Crippen LogP contribution in [-0.2, 0) is 4.79 Å². The first-order valence-electron chi connectivity index (χ1n) is 8.65. The molecule has 0 unspecified atom stereocenters. The number of hydrogen-bond donors (Lipinski definition) is 0. The third-order valence-corrected chi connectivity index (χ3v) is 4.51. The van der Waals surface area contributed by atoms with E-state index in [4.69, 9.17) is 9.47 Å². The average molecular weight is 350 g/mol. The SMILES string of the molecule is C=CCCC1CCC(C(=O)Oc2ccc(O/C=C/C)c(F)c2F)CC1. The zero-order valence-electron chi connectivity index (χ0n) is 14.5. The number of rotatable bonds is 7. The maximum Gasteiger partial charge on any atom is 0.314 e. The number of halogens is 2. The fourth-order valence-corrected chi connectivity index (χ4v) is 3.06. The first-order chi connectivity index (χ1) is 12.1. The Labute approximate surface area is 147 Å².